The zero-order valence-corrected chi connectivity index (χ0v) is 15.8. The van der Waals surface area contributed by atoms with Crippen molar-refractivity contribution in [3.05, 3.63) is 64.1 Å². The first-order chi connectivity index (χ1) is 12.2. The van der Waals surface area contributed by atoms with Crippen LogP contribution in [0.1, 0.15) is 56.6 Å². The predicted octanol–water partition coefficient (Wildman–Crippen LogP) is 3.37. The first kappa shape index (κ1) is 19.4. The lowest BCUT2D eigenvalue weighted by molar-refractivity contribution is 0.0952. The Morgan fingerprint density at radius 1 is 1.19 bits per heavy atom. The van der Waals surface area contributed by atoms with Crippen LogP contribution in [0.3, 0.4) is 0 Å². The molecule has 6 nitrogen and oxygen atoms in total. The first-order valence-electron chi connectivity index (χ1n) is 8.51. The van der Waals surface area contributed by atoms with E-state index in [-0.39, 0.29) is 22.8 Å². The van der Waals surface area contributed by atoms with Crippen LogP contribution in [0.25, 0.3) is 0 Å². The van der Waals surface area contributed by atoms with Gasteiger partial charge in [0.25, 0.3) is 11.5 Å². The number of hydrogen-bond acceptors (Lipinski definition) is 4. The fourth-order valence-electron chi connectivity index (χ4n) is 2.29. The summed E-state index contributed by atoms with van der Waals surface area (Å²) >= 11 is 0. The number of hydrogen-bond donors (Lipinski definition) is 1. The quantitative estimate of drug-likeness (QED) is 0.660. The number of rotatable bonds is 5. The molecule has 138 valence electrons. The van der Waals surface area contributed by atoms with Crippen LogP contribution in [0.15, 0.2) is 52.5 Å². The van der Waals surface area contributed by atoms with Gasteiger partial charge in [-0.1, -0.05) is 0 Å². The Hall–Kier alpha value is -2.89. The minimum atomic E-state index is -0.533. The number of carbonyl (C=O) groups is 1. The van der Waals surface area contributed by atoms with E-state index in [9.17, 15) is 9.59 Å². The Morgan fingerprint density at radius 2 is 1.85 bits per heavy atom. The van der Waals surface area contributed by atoms with Crippen LogP contribution in [0, 0.1) is 0 Å². The first-order valence-corrected chi connectivity index (χ1v) is 8.51. The highest BCUT2D eigenvalue weighted by Gasteiger charge is 2.13. The molecule has 1 aromatic carbocycles. The van der Waals surface area contributed by atoms with Crippen LogP contribution >= 0.6 is 0 Å². The molecular weight excluding hydrogens is 330 g/mol. The monoisotopic (exact) mass is 355 g/mol. The van der Waals surface area contributed by atoms with Crippen molar-refractivity contribution in [1.29, 1.82) is 0 Å². The molecule has 0 aliphatic heterocycles. The van der Waals surface area contributed by atoms with Crippen molar-refractivity contribution in [2.75, 3.05) is 0 Å². The summed E-state index contributed by atoms with van der Waals surface area (Å²) in [5.74, 6) is 0.228. The van der Waals surface area contributed by atoms with Gasteiger partial charge in [-0.15, -0.1) is 0 Å². The highest BCUT2D eigenvalue weighted by molar-refractivity contribution is 5.94. The van der Waals surface area contributed by atoms with Crippen molar-refractivity contribution in [3.8, 4) is 5.75 Å². The smallest absolute Gasteiger partial charge is 0.276 e. The van der Waals surface area contributed by atoms with Crippen LogP contribution in [0.5, 0.6) is 5.75 Å². The van der Waals surface area contributed by atoms with Gasteiger partial charge < -0.3 is 9.30 Å². The number of nitrogens with one attached hydrogen (secondary N) is 1. The average Bonchev–Trinajstić information content (AvgIpc) is 2.55. The maximum atomic E-state index is 12.3. The molecule has 1 heterocycles. The summed E-state index contributed by atoms with van der Waals surface area (Å²) in [6, 6.07) is 10.5. The fourth-order valence-corrected chi connectivity index (χ4v) is 2.29. The van der Waals surface area contributed by atoms with E-state index >= 15 is 0 Å². The zero-order chi connectivity index (χ0) is 19.3. The van der Waals surface area contributed by atoms with E-state index in [2.05, 4.69) is 10.5 Å². The third-order valence-electron chi connectivity index (χ3n) is 3.46. The van der Waals surface area contributed by atoms with Gasteiger partial charge in [-0.25, -0.2) is 5.43 Å². The van der Waals surface area contributed by atoms with Crippen LogP contribution < -0.4 is 15.7 Å². The van der Waals surface area contributed by atoms with Crippen molar-refractivity contribution in [2.24, 2.45) is 5.10 Å². The SMILES string of the molecule is CC(C)n1cccc(C(=O)N/N=C\c2ccc(OC(C)(C)C)cc2)c1=O. The van der Waals surface area contributed by atoms with Crippen molar-refractivity contribution < 1.29 is 9.53 Å². The molecule has 0 radical (unpaired) electrons. The lowest BCUT2D eigenvalue weighted by Gasteiger charge is -2.21. The van der Waals surface area contributed by atoms with Gasteiger partial charge in [0.2, 0.25) is 0 Å². The van der Waals surface area contributed by atoms with Crippen molar-refractivity contribution >= 4 is 12.1 Å². The number of aromatic nitrogens is 1. The van der Waals surface area contributed by atoms with E-state index in [0.717, 1.165) is 11.3 Å². The second-order valence-corrected chi connectivity index (χ2v) is 7.21. The summed E-state index contributed by atoms with van der Waals surface area (Å²) < 4.78 is 7.26. The molecule has 2 aromatic rings. The van der Waals surface area contributed by atoms with Crippen LogP contribution in [0.2, 0.25) is 0 Å². The molecule has 0 saturated carbocycles. The molecule has 1 N–H and O–H groups in total. The average molecular weight is 355 g/mol. The summed E-state index contributed by atoms with van der Waals surface area (Å²) in [4.78, 5) is 24.5. The summed E-state index contributed by atoms with van der Waals surface area (Å²) in [5, 5.41) is 3.92. The number of ether oxygens (including phenoxy) is 1. The van der Waals surface area contributed by atoms with Crippen molar-refractivity contribution in [2.45, 2.75) is 46.3 Å². The Labute approximate surface area is 153 Å². The Bertz CT molecular complexity index is 844. The zero-order valence-electron chi connectivity index (χ0n) is 15.8. The second kappa shape index (κ2) is 7.99. The van der Waals surface area contributed by atoms with Gasteiger partial charge >= 0.3 is 0 Å². The van der Waals surface area contributed by atoms with Crippen molar-refractivity contribution in [3.63, 3.8) is 0 Å². The molecule has 0 unspecified atom stereocenters. The summed E-state index contributed by atoms with van der Waals surface area (Å²) in [6.45, 7) is 9.71. The fraction of sp³-hybridized carbons (Fsp3) is 0.350. The third kappa shape index (κ3) is 5.31. The van der Waals surface area contributed by atoms with Gasteiger partial charge in [0.1, 0.15) is 16.9 Å². The number of carbonyl (C=O) groups excluding carboxylic acids is 1. The normalized spacial score (nSPS) is 11.8. The van der Waals surface area contributed by atoms with E-state index < -0.39 is 5.91 Å². The number of benzene rings is 1. The third-order valence-corrected chi connectivity index (χ3v) is 3.46. The maximum Gasteiger partial charge on any atom is 0.276 e. The number of nitrogens with zero attached hydrogens (tertiary/aromatic N) is 2. The van der Waals surface area contributed by atoms with E-state index in [0.29, 0.717) is 0 Å². The summed E-state index contributed by atoms with van der Waals surface area (Å²) in [5.41, 5.74) is 2.66. The Kier molecular flexibility index (Phi) is 5.97. The molecule has 26 heavy (non-hydrogen) atoms. The molecule has 0 saturated heterocycles. The van der Waals surface area contributed by atoms with Crippen LogP contribution in [-0.4, -0.2) is 22.3 Å². The van der Waals surface area contributed by atoms with Gasteiger partial charge in [-0.05, 0) is 76.6 Å². The predicted molar refractivity (Wildman–Crippen MR) is 103 cm³/mol. The van der Waals surface area contributed by atoms with Crippen LogP contribution in [0.4, 0.5) is 0 Å². The lowest BCUT2D eigenvalue weighted by Crippen LogP contribution is -2.31. The molecule has 6 heteroatoms. The minimum absolute atomic E-state index is 0.0208. The van der Waals surface area contributed by atoms with E-state index in [1.807, 2.05) is 58.9 Å². The molecule has 1 amide bonds. The maximum absolute atomic E-state index is 12.3. The summed E-state index contributed by atoms with van der Waals surface area (Å²) in [6.07, 6.45) is 3.18. The van der Waals surface area contributed by atoms with E-state index in [4.69, 9.17) is 4.74 Å². The molecule has 0 aliphatic rings. The standard InChI is InChI=1S/C20H25N3O3/c1-14(2)23-12-6-7-17(19(23)25)18(24)22-21-13-15-8-10-16(11-9-15)26-20(3,4)5/h6-14H,1-5H3,(H,22,24)/b21-13-. The molecule has 0 fully saturated rings. The molecule has 0 bridgehead atoms. The van der Waals surface area contributed by atoms with Gasteiger partial charge in [0.05, 0.1) is 6.21 Å². The Morgan fingerprint density at radius 3 is 2.42 bits per heavy atom. The molecule has 1 aromatic heterocycles. The molecule has 2 rings (SSSR count). The topological polar surface area (TPSA) is 72.7 Å². The largest absolute Gasteiger partial charge is 0.488 e. The van der Waals surface area contributed by atoms with Gasteiger partial charge in [-0.3, -0.25) is 9.59 Å². The Balaban J connectivity index is 2.03. The second-order valence-electron chi connectivity index (χ2n) is 7.21. The van der Waals surface area contributed by atoms with E-state index in [1.54, 1.807) is 12.3 Å². The molecule has 0 aliphatic carbocycles. The number of pyridine rings is 1. The molecular formula is C20H25N3O3. The highest BCUT2D eigenvalue weighted by Crippen LogP contribution is 2.17. The molecule has 0 atom stereocenters. The highest BCUT2D eigenvalue weighted by atomic mass is 16.5. The van der Waals surface area contributed by atoms with Gasteiger partial charge in [0.15, 0.2) is 0 Å². The minimum Gasteiger partial charge on any atom is -0.488 e. The van der Waals surface area contributed by atoms with Crippen molar-refractivity contribution in [1.82, 2.24) is 9.99 Å². The number of amides is 1. The van der Waals surface area contributed by atoms with Gasteiger partial charge in [-0.2, -0.15) is 5.10 Å². The van der Waals surface area contributed by atoms with E-state index in [1.165, 1.54) is 16.8 Å². The van der Waals surface area contributed by atoms with Gasteiger partial charge in [0, 0.05) is 12.2 Å². The number of hydrazone groups is 1. The summed E-state index contributed by atoms with van der Waals surface area (Å²) in [7, 11) is 0. The molecule has 0 spiro atoms. The van der Waals surface area contributed by atoms with Crippen LogP contribution in [-0.2, 0) is 0 Å². The lowest BCUT2D eigenvalue weighted by atomic mass is 10.2.